The van der Waals surface area contributed by atoms with Gasteiger partial charge < -0.3 is 4.74 Å². The molecule has 5 heteroatoms. The molecule has 0 N–H and O–H groups in total. The fourth-order valence-electron chi connectivity index (χ4n) is 2.02. The molecule has 0 saturated carbocycles. The van der Waals surface area contributed by atoms with Gasteiger partial charge in [-0.25, -0.2) is 0 Å². The normalized spacial score (nSPS) is 10.5. The number of nitriles is 1. The van der Waals surface area contributed by atoms with Gasteiger partial charge in [-0.05, 0) is 29.8 Å². The van der Waals surface area contributed by atoms with E-state index in [1.165, 1.54) is 11.3 Å². The topological polar surface area (TPSA) is 33.0 Å². The van der Waals surface area contributed by atoms with E-state index in [9.17, 15) is 5.26 Å². The van der Waals surface area contributed by atoms with Gasteiger partial charge in [-0.15, -0.1) is 11.3 Å². The first-order valence-electron chi connectivity index (χ1n) is 6.17. The van der Waals surface area contributed by atoms with E-state index in [2.05, 4.69) is 6.07 Å². The smallest absolute Gasteiger partial charge is 0.156 e. The zero-order valence-corrected chi connectivity index (χ0v) is 13.1. The minimum atomic E-state index is 0.340. The summed E-state index contributed by atoms with van der Waals surface area (Å²) in [6.07, 6.45) is 0. The van der Waals surface area contributed by atoms with Crippen LogP contribution >= 0.6 is 34.5 Å². The summed E-state index contributed by atoms with van der Waals surface area (Å²) in [6, 6.07) is 15.4. The van der Waals surface area contributed by atoms with Gasteiger partial charge in [0.2, 0.25) is 0 Å². The number of rotatable bonds is 3. The van der Waals surface area contributed by atoms with Crippen molar-refractivity contribution in [1.29, 1.82) is 5.26 Å². The van der Waals surface area contributed by atoms with Gasteiger partial charge in [0.05, 0.1) is 10.0 Å². The highest BCUT2D eigenvalue weighted by Crippen LogP contribution is 2.37. The monoisotopic (exact) mass is 333 g/mol. The lowest BCUT2D eigenvalue weighted by Crippen LogP contribution is -1.96. The minimum Gasteiger partial charge on any atom is -0.486 e. The standard InChI is InChI=1S/C16H9Cl2NOS/c17-12-6-5-10(7-13(12)18)9-20-16-11-3-1-2-4-14(11)21-15(16)8-19/h1-7H,9H2. The van der Waals surface area contributed by atoms with Gasteiger partial charge in [-0.3, -0.25) is 0 Å². The van der Waals surface area contributed by atoms with Crippen molar-refractivity contribution in [1.82, 2.24) is 0 Å². The molecule has 0 bridgehead atoms. The van der Waals surface area contributed by atoms with Gasteiger partial charge in [0, 0.05) is 10.1 Å². The molecule has 2 nitrogen and oxygen atoms in total. The second-order valence-electron chi connectivity index (χ2n) is 4.41. The van der Waals surface area contributed by atoms with Crippen molar-refractivity contribution in [3.63, 3.8) is 0 Å². The summed E-state index contributed by atoms with van der Waals surface area (Å²) in [6.45, 7) is 0.340. The molecular formula is C16H9Cl2NOS. The maximum atomic E-state index is 9.24. The molecule has 3 aromatic rings. The molecule has 0 aliphatic rings. The Kier molecular flexibility index (Phi) is 4.03. The van der Waals surface area contributed by atoms with Gasteiger partial charge >= 0.3 is 0 Å². The summed E-state index contributed by atoms with van der Waals surface area (Å²) in [7, 11) is 0. The Morgan fingerprint density at radius 3 is 2.67 bits per heavy atom. The number of nitrogens with zero attached hydrogens (tertiary/aromatic N) is 1. The summed E-state index contributed by atoms with van der Waals surface area (Å²) in [5.74, 6) is 0.629. The predicted molar refractivity (Wildman–Crippen MR) is 87.3 cm³/mol. The molecule has 0 radical (unpaired) electrons. The molecule has 1 heterocycles. The molecule has 1 aromatic heterocycles. The van der Waals surface area contributed by atoms with E-state index < -0.39 is 0 Å². The Morgan fingerprint density at radius 2 is 1.90 bits per heavy atom. The number of thiophene rings is 1. The minimum absolute atomic E-state index is 0.340. The lowest BCUT2D eigenvalue weighted by Gasteiger charge is -2.07. The van der Waals surface area contributed by atoms with Crippen LogP contribution in [-0.2, 0) is 6.61 Å². The Bertz CT molecular complexity index is 851. The molecule has 104 valence electrons. The van der Waals surface area contributed by atoms with Crippen molar-refractivity contribution in [2.45, 2.75) is 6.61 Å². The van der Waals surface area contributed by atoms with Crippen LogP contribution in [0.15, 0.2) is 42.5 Å². The lowest BCUT2D eigenvalue weighted by molar-refractivity contribution is 0.310. The summed E-state index contributed by atoms with van der Waals surface area (Å²) in [4.78, 5) is 0.580. The fourth-order valence-corrected chi connectivity index (χ4v) is 3.29. The lowest BCUT2D eigenvalue weighted by atomic mass is 10.2. The van der Waals surface area contributed by atoms with Gasteiger partial charge in [0.15, 0.2) is 5.75 Å². The Morgan fingerprint density at radius 1 is 1.10 bits per heavy atom. The second kappa shape index (κ2) is 5.95. The first-order valence-corrected chi connectivity index (χ1v) is 7.74. The van der Waals surface area contributed by atoms with Gasteiger partial charge in [0.1, 0.15) is 17.6 Å². The van der Waals surface area contributed by atoms with Crippen molar-refractivity contribution in [3.8, 4) is 11.8 Å². The number of fused-ring (bicyclic) bond motifs is 1. The summed E-state index contributed by atoms with van der Waals surface area (Å²) < 4.78 is 6.89. The van der Waals surface area contributed by atoms with Crippen LogP contribution in [0.25, 0.3) is 10.1 Å². The molecule has 2 aromatic carbocycles. The average molecular weight is 334 g/mol. The molecule has 0 aliphatic heterocycles. The van der Waals surface area contributed by atoms with Crippen LogP contribution in [0, 0.1) is 11.3 Å². The first-order chi connectivity index (χ1) is 10.2. The average Bonchev–Trinajstić information content (AvgIpc) is 2.86. The van der Waals surface area contributed by atoms with Crippen molar-refractivity contribution >= 4 is 44.6 Å². The molecule has 0 fully saturated rings. The third-order valence-corrected chi connectivity index (χ3v) is 4.81. The number of hydrogen-bond acceptors (Lipinski definition) is 3. The fraction of sp³-hybridized carbons (Fsp3) is 0.0625. The molecule has 0 aliphatic carbocycles. The van der Waals surface area contributed by atoms with E-state index in [1.54, 1.807) is 12.1 Å². The van der Waals surface area contributed by atoms with E-state index in [1.807, 2.05) is 30.3 Å². The van der Waals surface area contributed by atoms with Crippen LogP contribution in [-0.4, -0.2) is 0 Å². The third-order valence-electron chi connectivity index (χ3n) is 3.02. The molecule has 21 heavy (non-hydrogen) atoms. The molecule has 0 atom stereocenters. The van der Waals surface area contributed by atoms with Crippen molar-refractivity contribution < 1.29 is 4.74 Å². The van der Waals surface area contributed by atoms with Gasteiger partial charge in [0.25, 0.3) is 0 Å². The highest BCUT2D eigenvalue weighted by Gasteiger charge is 2.13. The Hall–Kier alpha value is -1.73. The highest BCUT2D eigenvalue weighted by molar-refractivity contribution is 7.20. The van der Waals surface area contributed by atoms with Crippen LogP contribution < -0.4 is 4.74 Å². The van der Waals surface area contributed by atoms with Crippen molar-refractivity contribution in [2.24, 2.45) is 0 Å². The zero-order valence-electron chi connectivity index (χ0n) is 10.8. The predicted octanol–water partition coefficient (Wildman–Crippen LogP) is 5.66. The second-order valence-corrected chi connectivity index (χ2v) is 6.27. The Balaban J connectivity index is 1.91. The largest absolute Gasteiger partial charge is 0.486 e. The summed E-state index contributed by atoms with van der Waals surface area (Å²) in [5.41, 5.74) is 0.906. The number of ether oxygens (including phenoxy) is 1. The van der Waals surface area contributed by atoms with E-state index in [-0.39, 0.29) is 0 Å². The quantitative estimate of drug-likeness (QED) is 0.619. The molecule has 0 spiro atoms. The molecule has 0 unspecified atom stereocenters. The number of benzene rings is 2. The summed E-state index contributed by atoms with van der Waals surface area (Å²) >= 11 is 13.3. The first kappa shape index (κ1) is 14.2. The van der Waals surface area contributed by atoms with Gasteiger partial charge in [-0.1, -0.05) is 41.4 Å². The third kappa shape index (κ3) is 2.84. The maximum Gasteiger partial charge on any atom is 0.156 e. The highest BCUT2D eigenvalue weighted by atomic mass is 35.5. The van der Waals surface area contributed by atoms with E-state index in [0.29, 0.717) is 27.3 Å². The molecule has 0 saturated heterocycles. The SMILES string of the molecule is N#Cc1sc2ccccc2c1OCc1ccc(Cl)c(Cl)c1. The molecule has 0 amide bonds. The van der Waals surface area contributed by atoms with Crippen LogP contribution in [0.1, 0.15) is 10.4 Å². The van der Waals surface area contributed by atoms with E-state index in [4.69, 9.17) is 27.9 Å². The van der Waals surface area contributed by atoms with E-state index >= 15 is 0 Å². The zero-order chi connectivity index (χ0) is 14.8. The van der Waals surface area contributed by atoms with Crippen molar-refractivity contribution in [2.75, 3.05) is 0 Å². The Labute approximate surface area is 136 Å². The van der Waals surface area contributed by atoms with Crippen LogP contribution in [0.3, 0.4) is 0 Å². The van der Waals surface area contributed by atoms with Crippen molar-refractivity contribution in [3.05, 3.63) is 63.0 Å². The molecule has 3 rings (SSSR count). The van der Waals surface area contributed by atoms with Gasteiger partial charge in [-0.2, -0.15) is 5.26 Å². The van der Waals surface area contributed by atoms with E-state index in [0.717, 1.165) is 15.6 Å². The summed E-state index contributed by atoms with van der Waals surface area (Å²) in [5, 5.41) is 11.2. The van der Waals surface area contributed by atoms with Crippen LogP contribution in [0.4, 0.5) is 0 Å². The number of hydrogen-bond donors (Lipinski definition) is 0. The number of halogens is 2. The molecular weight excluding hydrogens is 325 g/mol. The maximum absolute atomic E-state index is 9.24. The van der Waals surface area contributed by atoms with Crippen LogP contribution in [0.5, 0.6) is 5.75 Å². The van der Waals surface area contributed by atoms with Crippen LogP contribution in [0.2, 0.25) is 10.0 Å².